The van der Waals surface area contributed by atoms with Gasteiger partial charge in [-0.1, -0.05) is 12.1 Å². The number of hydroxylamine groups is 1. The van der Waals surface area contributed by atoms with Crippen molar-refractivity contribution in [1.82, 2.24) is 5.48 Å². The fraction of sp³-hybridized carbons (Fsp3) is 0.273. The van der Waals surface area contributed by atoms with E-state index in [1.165, 1.54) is 0 Å². The van der Waals surface area contributed by atoms with Crippen LogP contribution in [0.15, 0.2) is 24.3 Å². The average molecular weight is 237 g/mol. The van der Waals surface area contributed by atoms with E-state index in [1.54, 1.807) is 6.07 Å². The highest BCUT2D eigenvalue weighted by molar-refractivity contribution is 5.92. The number of primary amides is 1. The molecule has 0 radical (unpaired) electrons. The molecule has 0 atom stereocenters. The lowest BCUT2D eigenvalue weighted by Crippen LogP contribution is -2.31. The molecule has 0 fully saturated rings. The fourth-order valence-electron chi connectivity index (χ4n) is 1.17. The second-order valence-corrected chi connectivity index (χ2v) is 3.49. The van der Waals surface area contributed by atoms with Crippen LogP contribution < -0.4 is 16.5 Å². The van der Waals surface area contributed by atoms with Crippen LogP contribution >= 0.6 is 0 Å². The average Bonchev–Trinajstić information content (AvgIpc) is 2.24. The maximum atomic E-state index is 11.4. The van der Waals surface area contributed by atoms with Crippen LogP contribution in [0, 0.1) is 6.92 Å². The molecule has 6 heteroatoms. The standard InChI is InChI=1S/C11H15N3O3/c1-8-3-2-4-9(5-8)14-11(16)6-13-17-7-10(12)15/h2-5,13H,6-7H2,1H3,(H2,12,15)(H,14,16). The maximum Gasteiger partial charge on any atom is 0.245 e. The first-order chi connectivity index (χ1) is 8.08. The van der Waals surface area contributed by atoms with Gasteiger partial charge in [-0.05, 0) is 24.6 Å². The molecule has 0 unspecified atom stereocenters. The quantitative estimate of drug-likeness (QED) is 0.477. The van der Waals surface area contributed by atoms with Gasteiger partial charge in [0.05, 0.1) is 0 Å². The molecule has 0 saturated carbocycles. The van der Waals surface area contributed by atoms with Crippen molar-refractivity contribution in [2.45, 2.75) is 6.92 Å². The predicted molar refractivity (Wildman–Crippen MR) is 63.0 cm³/mol. The largest absolute Gasteiger partial charge is 0.368 e. The van der Waals surface area contributed by atoms with E-state index in [2.05, 4.69) is 15.6 Å². The highest BCUT2D eigenvalue weighted by atomic mass is 16.6. The summed E-state index contributed by atoms with van der Waals surface area (Å²) in [6.45, 7) is 1.61. The Balaban J connectivity index is 2.27. The molecule has 0 aromatic heterocycles. The Morgan fingerprint density at radius 3 is 2.82 bits per heavy atom. The number of aryl methyl sites for hydroxylation is 1. The van der Waals surface area contributed by atoms with Crippen molar-refractivity contribution in [2.75, 3.05) is 18.5 Å². The van der Waals surface area contributed by atoms with Crippen LogP contribution in [0.1, 0.15) is 5.56 Å². The first-order valence-electron chi connectivity index (χ1n) is 5.07. The molecule has 0 spiro atoms. The van der Waals surface area contributed by atoms with Crippen molar-refractivity contribution in [3.05, 3.63) is 29.8 Å². The number of anilines is 1. The number of hydrogen-bond acceptors (Lipinski definition) is 4. The third-order valence-corrected chi connectivity index (χ3v) is 1.85. The summed E-state index contributed by atoms with van der Waals surface area (Å²) >= 11 is 0. The highest BCUT2D eigenvalue weighted by Gasteiger charge is 2.02. The molecule has 1 aromatic carbocycles. The fourth-order valence-corrected chi connectivity index (χ4v) is 1.17. The van der Waals surface area contributed by atoms with Gasteiger partial charge in [0.25, 0.3) is 0 Å². The number of benzene rings is 1. The zero-order chi connectivity index (χ0) is 12.7. The van der Waals surface area contributed by atoms with Crippen molar-refractivity contribution in [2.24, 2.45) is 5.73 Å². The van der Waals surface area contributed by atoms with Crippen molar-refractivity contribution in [3.8, 4) is 0 Å². The minimum Gasteiger partial charge on any atom is -0.368 e. The third kappa shape index (κ3) is 5.64. The zero-order valence-electron chi connectivity index (χ0n) is 9.53. The molecule has 0 saturated heterocycles. The summed E-state index contributed by atoms with van der Waals surface area (Å²) in [6.07, 6.45) is 0. The smallest absolute Gasteiger partial charge is 0.245 e. The van der Waals surface area contributed by atoms with Gasteiger partial charge in [0.2, 0.25) is 11.8 Å². The minimum absolute atomic E-state index is 0.0543. The molecule has 0 heterocycles. The summed E-state index contributed by atoms with van der Waals surface area (Å²) in [6, 6.07) is 7.42. The molecule has 1 aromatic rings. The summed E-state index contributed by atoms with van der Waals surface area (Å²) in [4.78, 5) is 26.4. The van der Waals surface area contributed by atoms with E-state index in [0.717, 1.165) is 5.56 Å². The van der Waals surface area contributed by atoms with Gasteiger partial charge in [-0.2, -0.15) is 5.48 Å². The molecule has 0 bridgehead atoms. The molecule has 0 aliphatic carbocycles. The summed E-state index contributed by atoms with van der Waals surface area (Å²) in [5, 5.41) is 2.67. The van der Waals surface area contributed by atoms with Gasteiger partial charge in [0, 0.05) is 5.69 Å². The Hall–Kier alpha value is -1.92. The molecule has 17 heavy (non-hydrogen) atoms. The van der Waals surface area contributed by atoms with Crippen LogP contribution in [0.3, 0.4) is 0 Å². The number of nitrogens with two attached hydrogens (primary N) is 1. The lowest BCUT2D eigenvalue weighted by atomic mass is 10.2. The Kier molecular flexibility index (Phi) is 5.12. The monoisotopic (exact) mass is 237 g/mol. The molecule has 92 valence electrons. The number of nitrogens with one attached hydrogen (secondary N) is 2. The first-order valence-corrected chi connectivity index (χ1v) is 5.07. The van der Waals surface area contributed by atoms with Gasteiger partial charge >= 0.3 is 0 Å². The van der Waals surface area contributed by atoms with Gasteiger partial charge in [-0.3, -0.25) is 14.4 Å². The van der Waals surface area contributed by atoms with E-state index in [4.69, 9.17) is 5.73 Å². The molecular weight excluding hydrogens is 222 g/mol. The lowest BCUT2D eigenvalue weighted by molar-refractivity contribution is -0.127. The summed E-state index contributed by atoms with van der Waals surface area (Å²) in [7, 11) is 0. The van der Waals surface area contributed by atoms with Crippen LogP contribution in [0.5, 0.6) is 0 Å². The molecule has 2 amide bonds. The highest BCUT2D eigenvalue weighted by Crippen LogP contribution is 2.08. The van der Waals surface area contributed by atoms with E-state index in [-0.39, 0.29) is 19.1 Å². The van der Waals surface area contributed by atoms with Gasteiger partial charge in [0.1, 0.15) is 13.2 Å². The topological polar surface area (TPSA) is 93.4 Å². The van der Waals surface area contributed by atoms with Crippen molar-refractivity contribution < 1.29 is 14.4 Å². The van der Waals surface area contributed by atoms with Crippen LogP contribution in [-0.2, 0) is 14.4 Å². The molecule has 6 nitrogen and oxygen atoms in total. The Morgan fingerprint density at radius 2 is 2.18 bits per heavy atom. The third-order valence-electron chi connectivity index (χ3n) is 1.85. The van der Waals surface area contributed by atoms with Gasteiger partial charge < -0.3 is 11.1 Å². The maximum absolute atomic E-state index is 11.4. The lowest BCUT2D eigenvalue weighted by Gasteiger charge is -2.06. The SMILES string of the molecule is Cc1cccc(NC(=O)CNOCC(N)=O)c1. The predicted octanol–water partition coefficient (Wildman–Crippen LogP) is -0.0600. The normalized spacial score (nSPS) is 9.94. The van der Waals surface area contributed by atoms with Gasteiger partial charge in [-0.25, -0.2) is 0 Å². The number of carbonyl (C=O) groups is 2. The van der Waals surface area contributed by atoms with Gasteiger partial charge in [-0.15, -0.1) is 0 Å². The van der Waals surface area contributed by atoms with Crippen LogP contribution in [-0.4, -0.2) is 25.0 Å². The second-order valence-electron chi connectivity index (χ2n) is 3.49. The van der Waals surface area contributed by atoms with Crippen LogP contribution in [0.4, 0.5) is 5.69 Å². The number of carbonyl (C=O) groups excluding carboxylic acids is 2. The number of hydrogen-bond donors (Lipinski definition) is 3. The molecule has 1 rings (SSSR count). The Morgan fingerprint density at radius 1 is 1.41 bits per heavy atom. The van der Waals surface area contributed by atoms with E-state index in [1.807, 2.05) is 25.1 Å². The molecular formula is C11H15N3O3. The molecule has 0 aliphatic rings. The van der Waals surface area contributed by atoms with Crippen molar-refractivity contribution in [3.63, 3.8) is 0 Å². The molecule has 0 aliphatic heterocycles. The first kappa shape index (κ1) is 13.1. The van der Waals surface area contributed by atoms with E-state index in [9.17, 15) is 9.59 Å². The second kappa shape index (κ2) is 6.62. The summed E-state index contributed by atoms with van der Waals surface area (Å²) < 4.78 is 0. The Labute approximate surface area is 99.1 Å². The van der Waals surface area contributed by atoms with Crippen molar-refractivity contribution >= 4 is 17.5 Å². The minimum atomic E-state index is -0.600. The van der Waals surface area contributed by atoms with Crippen LogP contribution in [0.25, 0.3) is 0 Å². The van der Waals surface area contributed by atoms with Crippen LogP contribution in [0.2, 0.25) is 0 Å². The van der Waals surface area contributed by atoms with E-state index in [0.29, 0.717) is 5.69 Å². The number of rotatable bonds is 6. The van der Waals surface area contributed by atoms with E-state index < -0.39 is 5.91 Å². The zero-order valence-corrected chi connectivity index (χ0v) is 9.53. The number of amides is 2. The molecule has 4 N–H and O–H groups in total. The van der Waals surface area contributed by atoms with E-state index >= 15 is 0 Å². The van der Waals surface area contributed by atoms with Gasteiger partial charge in [0.15, 0.2) is 0 Å². The summed E-state index contributed by atoms with van der Waals surface area (Å²) in [5.41, 5.74) is 8.95. The van der Waals surface area contributed by atoms with Crippen molar-refractivity contribution in [1.29, 1.82) is 0 Å². The summed E-state index contributed by atoms with van der Waals surface area (Å²) in [5.74, 6) is -0.864. The Bertz CT molecular complexity index is 407.